The smallest absolute Gasteiger partial charge is 0.0210 e. The van der Waals surface area contributed by atoms with Gasteiger partial charge in [0.25, 0.3) is 0 Å². The van der Waals surface area contributed by atoms with Crippen molar-refractivity contribution in [3.8, 4) is 0 Å². The monoisotopic (exact) mass is 259 g/mol. The molecule has 0 spiro atoms. The molecular formula is C18H29N. The van der Waals surface area contributed by atoms with Crippen LogP contribution in [0.4, 0.5) is 0 Å². The van der Waals surface area contributed by atoms with Crippen LogP contribution >= 0.6 is 0 Å². The van der Waals surface area contributed by atoms with Crippen molar-refractivity contribution >= 4 is 0 Å². The number of hydrogen-bond acceptors (Lipinski definition) is 1. The molecule has 106 valence electrons. The Morgan fingerprint density at radius 2 is 1.95 bits per heavy atom. The Morgan fingerprint density at radius 3 is 2.63 bits per heavy atom. The highest BCUT2D eigenvalue weighted by molar-refractivity contribution is 5.25. The zero-order valence-electron chi connectivity index (χ0n) is 12.9. The Bertz CT molecular complexity index is 396. The molecule has 1 saturated carbocycles. The van der Waals surface area contributed by atoms with E-state index in [9.17, 15) is 0 Å². The first-order chi connectivity index (χ1) is 9.08. The number of hydrogen-bond donors (Lipinski definition) is 1. The summed E-state index contributed by atoms with van der Waals surface area (Å²) in [6.45, 7) is 10.4. The predicted molar refractivity (Wildman–Crippen MR) is 83.1 cm³/mol. The van der Waals surface area contributed by atoms with Crippen LogP contribution in [-0.4, -0.2) is 6.04 Å². The van der Waals surface area contributed by atoms with Crippen LogP contribution in [0.3, 0.4) is 0 Å². The Kier molecular flexibility index (Phi) is 5.04. The standard InChI is InChI=1S/C18H29N/c1-13(2)17-10-9-14(3)11-18(17)19-12-16-8-6-5-7-15(16)4/h5-8,13-14,17-19H,9-12H2,1-4H3. The van der Waals surface area contributed by atoms with Gasteiger partial charge in [0, 0.05) is 12.6 Å². The lowest BCUT2D eigenvalue weighted by Gasteiger charge is -2.38. The summed E-state index contributed by atoms with van der Waals surface area (Å²) in [5.41, 5.74) is 2.85. The highest BCUT2D eigenvalue weighted by atomic mass is 14.9. The van der Waals surface area contributed by atoms with E-state index in [4.69, 9.17) is 0 Å². The maximum absolute atomic E-state index is 3.84. The fourth-order valence-electron chi connectivity index (χ4n) is 3.49. The molecule has 0 radical (unpaired) electrons. The van der Waals surface area contributed by atoms with Gasteiger partial charge in [-0.2, -0.15) is 0 Å². The minimum absolute atomic E-state index is 0.698. The van der Waals surface area contributed by atoms with Crippen molar-refractivity contribution < 1.29 is 0 Å². The third-order valence-electron chi connectivity index (χ3n) is 4.84. The zero-order valence-corrected chi connectivity index (χ0v) is 12.9. The molecule has 3 unspecified atom stereocenters. The zero-order chi connectivity index (χ0) is 13.8. The van der Waals surface area contributed by atoms with Gasteiger partial charge in [0.1, 0.15) is 0 Å². The van der Waals surface area contributed by atoms with Crippen molar-refractivity contribution in [1.82, 2.24) is 5.32 Å². The molecule has 1 aromatic carbocycles. The first-order valence-electron chi connectivity index (χ1n) is 7.85. The Labute approximate surface area is 118 Å². The van der Waals surface area contributed by atoms with Crippen LogP contribution in [0.15, 0.2) is 24.3 Å². The minimum Gasteiger partial charge on any atom is -0.310 e. The number of nitrogens with one attached hydrogen (secondary N) is 1. The maximum atomic E-state index is 3.84. The van der Waals surface area contributed by atoms with Crippen LogP contribution in [0, 0.1) is 24.7 Å². The Morgan fingerprint density at radius 1 is 1.21 bits per heavy atom. The minimum atomic E-state index is 0.698. The molecule has 1 fully saturated rings. The van der Waals surface area contributed by atoms with Gasteiger partial charge in [-0.1, -0.05) is 51.5 Å². The van der Waals surface area contributed by atoms with E-state index < -0.39 is 0 Å². The predicted octanol–water partition coefficient (Wildman–Crippen LogP) is 4.55. The number of rotatable bonds is 4. The topological polar surface area (TPSA) is 12.0 Å². The lowest BCUT2D eigenvalue weighted by molar-refractivity contribution is 0.169. The summed E-state index contributed by atoms with van der Waals surface area (Å²) in [4.78, 5) is 0. The number of aryl methyl sites for hydroxylation is 1. The first kappa shape index (κ1) is 14.6. The van der Waals surface area contributed by atoms with Gasteiger partial charge in [0.2, 0.25) is 0 Å². The van der Waals surface area contributed by atoms with E-state index >= 15 is 0 Å². The molecule has 0 heterocycles. The van der Waals surface area contributed by atoms with Crippen molar-refractivity contribution in [2.75, 3.05) is 0 Å². The molecule has 1 aliphatic carbocycles. The van der Waals surface area contributed by atoms with E-state index in [0.29, 0.717) is 6.04 Å². The van der Waals surface area contributed by atoms with Crippen LogP contribution < -0.4 is 5.32 Å². The summed E-state index contributed by atoms with van der Waals surface area (Å²) in [5, 5.41) is 3.84. The molecular weight excluding hydrogens is 230 g/mol. The SMILES string of the molecule is Cc1ccccc1CNC1CC(C)CCC1C(C)C. The van der Waals surface area contributed by atoms with Gasteiger partial charge in [-0.25, -0.2) is 0 Å². The summed E-state index contributed by atoms with van der Waals surface area (Å²) in [6, 6.07) is 9.43. The van der Waals surface area contributed by atoms with E-state index in [1.54, 1.807) is 0 Å². The van der Waals surface area contributed by atoms with Gasteiger partial charge in [0.15, 0.2) is 0 Å². The highest BCUT2D eigenvalue weighted by Gasteiger charge is 2.30. The summed E-state index contributed by atoms with van der Waals surface area (Å²) in [7, 11) is 0. The largest absolute Gasteiger partial charge is 0.310 e. The molecule has 1 aliphatic rings. The third-order valence-corrected chi connectivity index (χ3v) is 4.84. The quantitative estimate of drug-likeness (QED) is 0.836. The second kappa shape index (κ2) is 6.56. The lowest BCUT2D eigenvalue weighted by atomic mass is 9.74. The van der Waals surface area contributed by atoms with Gasteiger partial charge in [-0.15, -0.1) is 0 Å². The summed E-state index contributed by atoms with van der Waals surface area (Å²) >= 11 is 0. The summed E-state index contributed by atoms with van der Waals surface area (Å²) in [5.74, 6) is 2.52. The maximum Gasteiger partial charge on any atom is 0.0210 e. The fourth-order valence-corrected chi connectivity index (χ4v) is 3.49. The van der Waals surface area contributed by atoms with Crippen LogP contribution in [0.2, 0.25) is 0 Å². The first-order valence-corrected chi connectivity index (χ1v) is 7.85. The van der Waals surface area contributed by atoms with E-state index in [1.807, 2.05) is 0 Å². The van der Waals surface area contributed by atoms with Crippen molar-refractivity contribution in [2.45, 2.75) is 59.5 Å². The van der Waals surface area contributed by atoms with E-state index in [-0.39, 0.29) is 0 Å². The fraction of sp³-hybridized carbons (Fsp3) is 0.667. The second-order valence-electron chi connectivity index (χ2n) is 6.74. The molecule has 3 atom stereocenters. The lowest BCUT2D eigenvalue weighted by Crippen LogP contribution is -2.42. The van der Waals surface area contributed by atoms with Crippen molar-refractivity contribution in [3.63, 3.8) is 0 Å². The molecule has 1 N–H and O–H groups in total. The summed E-state index contributed by atoms with van der Waals surface area (Å²) in [6.07, 6.45) is 4.14. The van der Waals surface area contributed by atoms with Gasteiger partial charge in [0.05, 0.1) is 0 Å². The molecule has 1 aromatic rings. The third kappa shape index (κ3) is 3.82. The Balaban J connectivity index is 1.97. The number of benzene rings is 1. The van der Waals surface area contributed by atoms with E-state index in [0.717, 1.165) is 24.3 Å². The molecule has 1 heteroatoms. The van der Waals surface area contributed by atoms with Crippen LogP contribution in [-0.2, 0) is 6.54 Å². The van der Waals surface area contributed by atoms with Gasteiger partial charge in [-0.3, -0.25) is 0 Å². The normalized spacial score (nSPS) is 27.7. The van der Waals surface area contributed by atoms with Gasteiger partial charge in [-0.05, 0) is 48.6 Å². The molecule has 0 saturated heterocycles. The van der Waals surface area contributed by atoms with Crippen LogP contribution in [0.1, 0.15) is 51.2 Å². The summed E-state index contributed by atoms with van der Waals surface area (Å²) < 4.78 is 0. The molecule has 0 bridgehead atoms. The average molecular weight is 259 g/mol. The van der Waals surface area contributed by atoms with Crippen molar-refractivity contribution in [1.29, 1.82) is 0 Å². The van der Waals surface area contributed by atoms with Gasteiger partial charge < -0.3 is 5.32 Å². The van der Waals surface area contributed by atoms with Crippen molar-refractivity contribution in [2.24, 2.45) is 17.8 Å². The second-order valence-corrected chi connectivity index (χ2v) is 6.74. The highest BCUT2D eigenvalue weighted by Crippen LogP contribution is 2.33. The van der Waals surface area contributed by atoms with E-state index in [1.165, 1.54) is 30.4 Å². The van der Waals surface area contributed by atoms with Gasteiger partial charge >= 0.3 is 0 Å². The van der Waals surface area contributed by atoms with Crippen molar-refractivity contribution in [3.05, 3.63) is 35.4 Å². The molecule has 19 heavy (non-hydrogen) atoms. The molecule has 2 rings (SSSR count). The molecule has 0 aliphatic heterocycles. The molecule has 1 nitrogen and oxygen atoms in total. The van der Waals surface area contributed by atoms with Crippen LogP contribution in [0.25, 0.3) is 0 Å². The van der Waals surface area contributed by atoms with Crippen LogP contribution in [0.5, 0.6) is 0 Å². The molecule has 0 amide bonds. The Hall–Kier alpha value is -0.820. The molecule has 0 aromatic heterocycles. The van der Waals surface area contributed by atoms with E-state index in [2.05, 4.69) is 57.3 Å². The average Bonchev–Trinajstić information content (AvgIpc) is 2.37.